The van der Waals surface area contributed by atoms with E-state index < -0.39 is 0 Å². The molecule has 0 saturated carbocycles. The highest BCUT2D eigenvalue weighted by Gasteiger charge is 2.16. The first-order chi connectivity index (χ1) is 9.83. The van der Waals surface area contributed by atoms with Gasteiger partial charge in [0.2, 0.25) is 0 Å². The monoisotopic (exact) mass is 273 g/mol. The van der Waals surface area contributed by atoms with Crippen molar-refractivity contribution in [1.82, 2.24) is 4.57 Å². The van der Waals surface area contributed by atoms with Crippen molar-refractivity contribution >= 4 is 16.9 Å². The third-order valence-corrected chi connectivity index (χ3v) is 3.68. The second kappa shape index (κ2) is 6.09. The van der Waals surface area contributed by atoms with Crippen LogP contribution in [0, 0.1) is 0 Å². The number of hydrogen-bond acceptors (Lipinski definition) is 3. The summed E-state index contributed by atoms with van der Waals surface area (Å²) in [6.07, 6.45) is 5.25. The van der Waals surface area contributed by atoms with Crippen LogP contribution in [0.15, 0.2) is 36.5 Å². The zero-order valence-electron chi connectivity index (χ0n) is 11.5. The molecule has 4 heteroatoms. The van der Waals surface area contributed by atoms with Crippen molar-refractivity contribution in [3.8, 4) is 0 Å². The van der Waals surface area contributed by atoms with Gasteiger partial charge in [-0.05, 0) is 36.8 Å². The predicted molar refractivity (Wildman–Crippen MR) is 76.5 cm³/mol. The number of rotatable bonds is 4. The van der Waals surface area contributed by atoms with Crippen LogP contribution < -0.4 is 0 Å². The minimum atomic E-state index is -0.208. The Morgan fingerprint density at radius 1 is 1.30 bits per heavy atom. The van der Waals surface area contributed by atoms with E-state index in [1.165, 1.54) is 0 Å². The average Bonchev–Trinajstić information content (AvgIpc) is 2.90. The summed E-state index contributed by atoms with van der Waals surface area (Å²) in [4.78, 5) is 11.9. The van der Waals surface area contributed by atoms with Gasteiger partial charge in [0.05, 0.1) is 6.10 Å². The normalized spacial score (nSPS) is 19.1. The summed E-state index contributed by atoms with van der Waals surface area (Å²) in [5, 5.41) is 1.14. The minimum Gasteiger partial charge on any atom is -0.462 e. The van der Waals surface area contributed by atoms with E-state index in [4.69, 9.17) is 9.47 Å². The molecular formula is C16H19NO3. The van der Waals surface area contributed by atoms with Gasteiger partial charge in [-0.2, -0.15) is 0 Å². The molecule has 2 heterocycles. The lowest BCUT2D eigenvalue weighted by atomic mass is 10.1. The molecule has 1 atom stereocenters. The smallest absolute Gasteiger partial charge is 0.326 e. The van der Waals surface area contributed by atoms with Crippen molar-refractivity contribution in [3.05, 3.63) is 36.5 Å². The molecule has 0 bridgehead atoms. The Balaban J connectivity index is 1.55. The Labute approximate surface area is 118 Å². The first-order valence-corrected chi connectivity index (χ1v) is 7.14. The standard InChI is InChI=1S/C16H19NO3/c18-16(20-12-14-6-3-4-10-19-14)11-17-9-8-13-5-1-2-7-15(13)17/h1-2,5,7-9,14H,3-4,6,10-12H2. The second-order valence-electron chi connectivity index (χ2n) is 5.17. The molecule has 2 aromatic rings. The number of carbonyl (C=O) groups excluding carboxylic acids is 1. The van der Waals surface area contributed by atoms with Gasteiger partial charge in [-0.15, -0.1) is 0 Å². The number of carbonyl (C=O) groups is 1. The summed E-state index contributed by atoms with van der Waals surface area (Å²) in [6.45, 7) is 1.41. The SMILES string of the molecule is O=C(Cn1ccc2ccccc21)OCC1CCCCO1. The molecular weight excluding hydrogens is 254 g/mol. The van der Waals surface area contributed by atoms with Gasteiger partial charge in [-0.25, -0.2) is 0 Å². The third kappa shape index (κ3) is 3.02. The van der Waals surface area contributed by atoms with E-state index in [1.54, 1.807) is 0 Å². The molecule has 20 heavy (non-hydrogen) atoms. The number of fused-ring (bicyclic) bond motifs is 1. The second-order valence-corrected chi connectivity index (χ2v) is 5.17. The van der Waals surface area contributed by atoms with Gasteiger partial charge < -0.3 is 14.0 Å². The number of para-hydroxylation sites is 1. The number of hydrogen-bond donors (Lipinski definition) is 0. The van der Waals surface area contributed by atoms with Crippen LogP contribution >= 0.6 is 0 Å². The van der Waals surface area contributed by atoms with Crippen LogP contribution in [0.4, 0.5) is 0 Å². The Hall–Kier alpha value is -1.81. The molecule has 1 aliphatic rings. The predicted octanol–water partition coefficient (Wildman–Crippen LogP) is 2.75. The van der Waals surface area contributed by atoms with Crippen molar-refractivity contribution in [2.45, 2.75) is 31.9 Å². The van der Waals surface area contributed by atoms with Gasteiger partial charge in [-0.3, -0.25) is 4.79 Å². The fraction of sp³-hybridized carbons (Fsp3) is 0.438. The van der Waals surface area contributed by atoms with Crippen molar-refractivity contribution in [2.75, 3.05) is 13.2 Å². The van der Waals surface area contributed by atoms with Crippen LogP contribution in [0.3, 0.4) is 0 Å². The van der Waals surface area contributed by atoms with E-state index >= 15 is 0 Å². The maximum atomic E-state index is 11.9. The van der Waals surface area contributed by atoms with Crippen molar-refractivity contribution in [1.29, 1.82) is 0 Å². The van der Waals surface area contributed by atoms with Gasteiger partial charge >= 0.3 is 5.97 Å². The van der Waals surface area contributed by atoms with Crippen LogP contribution in [0.1, 0.15) is 19.3 Å². The number of esters is 1. The van der Waals surface area contributed by atoms with Crippen molar-refractivity contribution < 1.29 is 14.3 Å². The van der Waals surface area contributed by atoms with Crippen LogP contribution in [-0.2, 0) is 20.8 Å². The van der Waals surface area contributed by atoms with Gasteiger partial charge in [0.15, 0.2) is 0 Å². The number of aromatic nitrogens is 1. The molecule has 1 aromatic heterocycles. The lowest BCUT2D eigenvalue weighted by Gasteiger charge is -2.22. The highest BCUT2D eigenvalue weighted by atomic mass is 16.6. The summed E-state index contributed by atoms with van der Waals surface area (Å²) >= 11 is 0. The summed E-state index contributed by atoms with van der Waals surface area (Å²) in [5.41, 5.74) is 1.05. The zero-order valence-corrected chi connectivity index (χ0v) is 11.5. The Morgan fingerprint density at radius 2 is 2.20 bits per heavy atom. The van der Waals surface area contributed by atoms with Crippen LogP contribution in [0.2, 0.25) is 0 Å². The molecule has 1 aliphatic heterocycles. The van der Waals surface area contributed by atoms with E-state index in [0.717, 1.165) is 36.8 Å². The maximum Gasteiger partial charge on any atom is 0.326 e. The molecule has 1 aromatic carbocycles. The van der Waals surface area contributed by atoms with E-state index in [9.17, 15) is 4.79 Å². The number of ether oxygens (including phenoxy) is 2. The minimum absolute atomic E-state index is 0.0779. The first kappa shape index (κ1) is 13.2. The van der Waals surface area contributed by atoms with Crippen LogP contribution in [-0.4, -0.2) is 29.9 Å². The van der Waals surface area contributed by atoms with Gasteiger partial charge in [0.1, 0.15) is 13.2 Å². The van der Waals surface area contributed by atoms with E-state index in [0.29, 0.717) is 6.61 Å². The fourth-order valence-electron chi connectivity index (χ4n) is 2.59. The number of benzene rings is 1. The molecule has 3 rings (SSSR count). The lowest BCUT2D eigenvalue weighted by molar-refractivity contribution is -0.149. The fourth-order valence-corrected chi connectivity index (χ4v) is 2.59. The van der Waals surface area contributed by atoms with Crippen molar-refractivity contribution in [3.63, 3.8) is 0 Å². The van der Waals surface area contributed by atoms with Gasteiger partial charge in [0, 0.05) is 18.3 Å². The largest absolute Gasteiger partial charge is 0.462 e. The summed E-state index contributed by atoms with van der Waals surface area (Å²) in [6, 6.07) is 10.0. The first-order valence-electron chi connectivity index (χ1n) is 7.14. The Bertz CT molecular complexity index is 584. The quantitative estimate of drug-likeness (QED) is 0.804. The molecule has 4 nitrogen and oxygen atoms in total. The maximum absolute atomic E-state index is 11.9. The van der Waals surface area contributed by atoms with Crippen molar-refractivity contribution in [2.24, 2.45) is 0 Å². The zero-order chi connectivity index (χ0) is 13.8. The van der Waals surface area contributed by atoms with E-state index in [-0.39, 0.29) is 18.6 Å². The molecule has 0 N–H and O–H groups in total. The average molecular weight is 273 g/mol. The molecule has 0 aliphatic carbocycles. The summed E-state index contributed by atoms with van der Waals surface area (Å²) in [5.74, 6) is -0.208. The molecule has 0 amide bonds. The van der Waals surface area contributed by atoms with Crippen LogP contribution in [0.5, 0.6) is 0 Å². The Kier molecular flexibility index (Phi) is 4.02. The molecule has 1 saturated heterocycles. The lowest BCUT2D eigenvalue weighted by Crippen LogP contribution is -2.27. The highest BCUT2D eigenvalue weighted by molar-refractivity contribution is 5.81. The molecule has 1 fully saturated rings. The molecule has 0 spiro atoms. The third-order valence-electron chi connectivity index (χ3n) is 3.68. The van der Waals surface area contributed by atoms with Crippen LogP contribution in [0.25, 0.3) is 10.9 Å². The van der Waals surface area contributed by atoms with Gasteiger partial charge in [0.25, 0.3) is 0 Å². The molecule has 106 valence electrons. The van der Waals surface area contributed by atoms with E-state index in [1.807, 2.05) is 41.1 Å². The summed E-state index contributed by atoms with van der Waals surface area (Å²) in [7, 11) is 0. The topological polar surface area (TPSA) is 40.5 Å². The van der Waals surface area contributed by atoms with E-state index in [2.05, 4.69) is 0 Å². The van der Waals surface area contributed by atoms with Gasteiger partial charge in [-0.1, -0.05) is 18.2 Å². The Morgan fingerprint density at radius 3 is 3.05 bits per heavy atom. The summed E-state index contributed by atoms with van der Waals surface area (Å²) < 4.78 is 12.8. The molecule has 0 radical (unpaired) electrons. The number of nitrogens with zero attached hydrogens (tertiary/aromatic N) is 1. The highest BCUT2D eigenvalue weighted by Crippen LogP contribution is 2.16. The molecule has 1 unspecified atom stereocenters.